The molecule has 10 bridgehead atoms. The van der Waals surface area contributed by atoms with Crippen LogP contribution >= 0.6 is 0 Å². The molecule has 0 aliphatic heterocycles. The Balaban J connectivity index is 1.19. The van der Waals surface area contributed by atoms with Gasteiger partial charge in [-0.25, -0.2) is 0 Å². The van der Waals surface area contributed by atoms with Crippen molar-refractivity contribution in [3.05, 3.63) is 206 Å². The first kappa shape index (κ1) is 59.7. The van der Waals surface area contributed by atoms with Crippen molar-refractivity contribution in [2.24, 2.45) is 0 Å². The first-order valence-corrected chi connectivity index (χ1v) is 33.3. The molecule has 0 radical (unpaired) electrons. The van der Waals surface area contributed by atoms with Crippen molar-refractivity contribution in [1.82, 2.24) is 0 Å². The minimum absolute atomic E-state index is 0.638. The van der Waals surface area contributed by atoms with Crippen LogP contribution in [0, 0.1) is 0 Å². The van der Waals surface area contributed by atoms with Gasteiger partial charge in [0.25, 0.3) is 0 Å². The van der Waals surface area contributed by atoms with Crippen LogP contribution in [0.1, 0.15) is 130 Å². The lowest BCUT2D eigenvalue weighted by molar-refractivity contribution is 0.259. The third kappa shape index (κ3) is 13.3. The molecular formula is C84H86O4. The summed E-state index contributed by atoms with van der Waals surface area (Å²) in [6.45, 7) is 11.6. The van der Waals surface area contributed by atoms with Crippen molar-refractivity contribution < 1.29 is 18.9 Å². The fourth-order valence-corrected chi connectivity index (χ4v) is 13.1. The van der Waals surface area contributed by atoms with Gasteiger partial charge in [0.2, 0.25) is 0 Å². The Morgan fingerprint density at radius 3 is 0.875 bits per heavy atom. The number of hydrogen-bond acceptors (Lipinski definition) is 4. The molecule has 0 fully saturated rings. The van der Waals surface area contributed by atoms with Gasteiger partial charge in [-0.1, -0.05) is 275 Å². The summed E-state index contributed by atoms with van der Waals surface area (Å²) in [7, 11) is 0. The smallest absolute Gasteiger partial charge is 0.161 e. The van der Waals surface area contributed by atoms with Crippen molar-refractivity contribution in [3.63, 3.8) is 0 Å². The van der Waals surface area contributed by atoms with Gasteiger partial charge in [0.15, 0.2) is 23.0 Å². The molecule has 0 spiro atoms. The molecule has 88 heavy (non-hydrogen) atoms. The lowest BCUT2D eigenvalue weighted by Gasteiger charge is -2.21. The Hall–Kier alpha value is -8.60. The van der Waals surface area contributed by atoms with Gasteiger partial charge >= 0.3 is 0 Å². The van der Waals surface area contributed by atoms with E-state index in [0.29, 0.717) is 26.4 Å². The van der Waals surface area contributed by atoms with Crippen molar-refractivity contribution in [2.45, 2.75) is 130 Å². The van der Waals surface area contributed by atoms with Crippen LogP contribution in [0.4, 0.5) is 0 Å². The summed E-state index contributed by atoms with van der Waals surface area (Å²) in [5.74, 6) is 3.23. The average molecular weight is 1160 g/mol. The topological polar surface area (TPSA) is 36.9 Å². The van der Waals surface area contributed by atoms with Gasteiger partial charge in [0.05, 0.1) is 26.4 Å². The zero-order valence-corrected chi connectivity index (χ0v) is 52.4. The van der Waals surface area contributed by atoms with Crippen molar-refractivity contribution in [3.8, 4) is 45.3 Å². The van der Waals surface area contributed by atoms with Crippen LogP contribution < -0.4 is 18.9 Å². The monoisotopic (exact) mass is 1160 g/mol. The second-order valence-corrected chi connectivity index (χ2v) is 24.2. The lowest BCUT2D eigenvalue weighted by Crippen LogP contribution is -2.03. The number of hydrogen-bond donors (Lipinski definition) is 0. The van der Waals surface area contributed by atoms with Gasteiger partial charge in [0.1, 0.15) is 0 Å². The molecule has 18 rings (SSSR count). The van der Waals surface area contributed by atoms with Crippen LogP contribution in [-0.2, 0) is 0 Å². The zero-order valence-electron chi connectivity index (χ0n) is 52.4. The van der Waals surface area contributed by atoms with E-state index in [1.807, 2.05) is 0 Å². The summed E-state index contributed by atoms with van der Waals surface area (Å²) < 4.78 is 27.0. The maximum Gasteiger partial charge on any atom is 0.161 e. The maximum atomic E-state index is 6.85. The Labute approximate surface area is 521 Å². The molecule has 18 aromatic rings. The summed E-state index contributed by atoms with van der Waals surface area (Å²) in [5.41, 5.74) is 4.54. The van der Waals surface area contributed by atoms with E-state index in [1.165, 1.54) is 138 Å². The van der Waals surface area contributed by atoms with Gasteiger partial charge in [-0.3, -0.25) is 0 Å². The third-order valence-electron chi connectivity index (χ3n) is 18.0. The molecule has 0 atom stereocenters. The molecule has 4 heteroatoms. The summed E-state index contributed by atoms with van der Waals surface area (Å²) in [6.07, 6.45) is 18.1. The van der Waals surface area contributed by atoms with Gasteiger partial charge in [-0.05, 0) is 181 Å². The highest BCUT2D eigenvalue weighted by atomic mass is 16.5. The van der Waals surface area contributed by atoms with Crippen LogP contribution in [0.2, 0.25) is 0 Å². The molecule has 446 valence electrons. The molecule has 0 aromatic heterocycles. The van der Waals surface area contributed by atoms with Crippen LogP contribution in [0.15, 0.2) is 206 Å². The Bertz CT molecular complexity index is 4170. The van der Waals surface area contributed by atoms with Gasteiger partial charge in [-0.2, -0.15) is 0 Å². The summed E-state index contributed by atoms with van der Waals surface area (Å²) in [6, 6.07) is 77.6. The summed E-state index contributed by atoms with van der Waals surface area (Å²) in [5, 5.41) is 21.3. The highest BCUT2D eigenvalue weighted by Gasteiger charge is 2.22. The normalized spacial score (nSPS) is 11.6. The SMILES string of the molecule is CCCCCCOc1ccc(-c2c3ccccc3c3cc4c5ccccc5c(-c5ccc(OCCCCCC)c(OCCCCCC)c5)c5c6ccc(cc6)c6ccc(ccc7ccc(cc7)c7ccc(cc7)c2c3cc45)cc6)cc1OCCCCCC. The van der Waals surface area contributed by atoms with E-state index in [4.69, 9.17) is 18.9 Å². The predicted octanol–water partition coefficient (Wildman–Crippen LogP) is 24.9. The lowest BCUT2D eigenvalue weighted by atomic mass is 9.84. The number of benzene rings is 11. The minimum atomic E-state index is 0.638. The molecule has 0 saturated carbocycles. The number of ether oxygens (including phenoxy) is 4. The average Bonchev–Trinajstić information content (AvgIpc) is 0.751. The van der Waals surface area contributed by atoms with E-state index < -0.39 is 0 Å². The maximum absolute atomic E-state index is 6.85. The highest BCUT2D eigenvalue weighted by molar-refractivity contribution is 6.34. The van der Waals surface area contributed by atoms with E-state index in [0.717, 1.165) is 107 Å². The molecule has 18 aromatic carbocycles. The fourth-order valence-electron chi connectivity index (χ4n) is 13.1. The molecule has 0 N–H and O–H groups in total. The van der Waals surface area contributed by atoms with E-state index in [1.54, 1.807) is 0 Å². The molecule has 0 aliphatic rings. The van der Waals surface area contributed by atoms with E-state index in [2.05, 4.69) is 234 Å². The number of unbranched alkanes of at least 4 members (excludes halogenated alkanes) is 12. The zero-order chi connectivity index (χ0) is 60.0. The van der Waals surface area contributed by atoms with Crippen LogP contribution in [-0.4, -0.2) is 26.4 Å². The fraction of sp³-hybridized carbons (Fsp3) is 0.286. The molecular weight excluding hydrogens is 1070 g/mol. The highest BCUT2D eigenvalue weighted by Crippen LogP contribution is 2.49. The molecule has 0 unspecified atom stereocenters. The quantitative estimate of drug-likeness (QED) is 0.0308. The van der Waals surface area contributed by atoms with Crippen LogP contribution in [0.25, 0.3) is 119 Å². The second-order valence-electron chi connectivity index (χ2n) is 24.2. The van der Waals surface area contributed by atoms with Crippen LogP contribution in [0.5, 0.6) is 23.0 Å². The van der Waals surface area contributed by atoms with E-state index in [9.17, 15) is 0 Å². The van der Waals surface area contributed by atoms with E-state index >= 15 is 0 Å². The third-order valence-corrected chi connectivity index (χ3v) is 18.0. The largest absolute Gasteiger partial charge is 0.490 e. The first-order valence-electron chi connectivity index (χ1n) is 33.3. The predicted molar refractivity (Wildman–Crippen MR) is 380 cm³/mol. The van der Waals surface area contributed by atoms with Gasteiger partial charge < -0.3 is 18.9 Å². The standard InChI is InChI=1S/C84H86O4/c1-5-9-13-21-51-85-77-49-47-67(55-79(77)87-53-23-15-11-7-3)83-71-27-19-17-25-69(71)73-57-74-70-26-18-20-28-72(70)84(68-48-50-78(86-52-22-14-10-6-2)80(56-68)88-54-24-16-12-8-4)82-66-45-41-64(42-46-66)62-37-33-60(34-38-62)30-29-59-31-35-61(36-32-59)63-39-43-65(44-40-63)81(83)75(73)58-76(74)82/h17-20,25-50,55-58H,5-16,21-24,51-54H2,1-4H3. The summed E-state index contributed by atoms with van der Waals surface area (Å²) >= 11 is 0. The van der Waals surface area contributed by atoms with Crippen molar-refractivity contribution in [1.29, 1.82) is 0 Å². The van der Waals surface area contributed by atoms with Crippen LogP contribution in [0.3, 0.4) is 0 Å². The van der Waals surface area contributed by atoms with E-state index in [-0.39, 0.29) is 0 Å². The Morgan fingerprint density at radius 2 is 0.523 bits per heavy atom. The Morgan fingerprint density at radius 1 is 0.227 bits per heavy atom. The van der Waals surface area contributed by atoms with Gasteiger partial charge in [-0.15, -0.1) is 0 Å². The molecule has 0 saturated heterocycles. The van der Waals surface area contributed by atoms with Crippen molar-refractivity contribution in [2.75, 3.05) is 26.4 Å². The molecule has 0 heterocycles. The van der Waals surface area contributed by atoms with Crippen molar-refractivity contribution >= 4 is 97.0 Å². The number of rotatable bonds is 26. The Kier molecular flexibility index (Phi) is 19.6. The second kappa shape index (κ2) is 28.9. The summed E-state index contributed by atoms with van der Waals surface area (Å²) in [4.78, 5) is 0. The number of fused-ring (bicyclic) bond motifs is 4. The molecule has 4 nitrogen and oxygen atoms in total. The first-order chi connectivity index (χ1) is 43.5. The molecule has 0 amide bonds. The van der Waals surface area contributed by atoms with Gasteiger partial charge in [0, 0.05) is 0 Å². The minimum Gasteiger partial charge on any atom is -0.490 e. The molecule has 0 aliphatic carbocycles.